The molecule has 0 aliphatic rings. The summed E-state index contributed by atoms with van der Waals surface area (Å²) >= 11 is 0. The zero-order valence-corrected chi connectivity index (χ0v) is 14.7. The molecule has 25 heavy (non-hydrogen) atoms. The van der Waals surface area contributed by atoms with Gasteiger partial charge < -0.3 is 25.3 Å². The van der Waals surface area contributed by atoms with Gasteiger partial charge >= 0.3 is 0 Å². The van der Waals surface area contributed by atoms with Crippen LogP contribution in [0.4, 0.5) is 0 Å². The first-order chi connectivity index (χ1) is 12.1. The lowest BCUT2D eigenvalue weighted by atomic mass is 9.98. The summed E-state index contributed by atoms with van der Waals surface area (Å²) in [5, 5.41) is 2.92. The molecule has 1 unspecified atom stereocenters. The Morgan fingerprint density at radius 3 is 2.12 bits per heavy atom. The molecule has 1 amide bonds. The smallest absolute Gasteiger partial charge is 0.229 e. The van der Waals surface area contributed by atoms with Gasteiger partial charge in [-0.25, -0.2) is 0 Å². The highest BCUT2D eigenvalue weighted by atomic mass is 16.5. The van der Waals surface area contributed by atoms with Gasteiger partial charge in [0.1, 0.15) is 0 Å². The third kappa shape index (κ3) is 4.42. The fourth-order valence-corrected chi connectivity index (χ4v) is 2.63. The SMILES string of the molecule is COc1cc(CNC(=O)C(CN)c2ccccc2)cc(OC)c1OC. The minimum Gasteiger partial charge on any atom is -0.493 e. The molecule has 0 aliphatic carbocycles. The maximum Gasteiger partial charge on any atom is 0.229 e. The van der Waals surface area contributed by atoms with Gasteiger partial charge in [-0.05, 0) is 23.3 Å². The van der Waals surface area contributed by atoms with Gasteiger partial charge in [-0.15, -0.1) is 0 Å². The molecule has 0 aliphatic heterocycles. The largest absolute Gasteiger partial charge is 0.493 e. The number of hydrogen-bond donors (Lipinski definition) is 2. The summed E-state index contributed by atoms with van der Waals surface area (Å²) in [7, 11) is 4.66. The standard InChI is InChI=1S/C19H24N2O4/c1-23-16-9-13(10-17(24-2)18(16)25-3)12-21-19(22)15(11-20)14-7-5-4-6-8-14/h4-10,15H,11-12,20H2,1-3H3,(H,21,22). The molecule has 2 aromatic carbocycles. The third-order valence-electron chi connectivity index (χ3n) is 3.95. The lowest BCUT2D eigenvalue weighted by Crippen LogP contribution is -2.33. The summed E-state index contributed by atoms with van der Waals surface area (Å²) in [5.74, 6) is 1.10. The zero-order valence-electron chi connectivity index (χ0n) is 14.7. The second kappa shape index (κ2) is 8.94. The second-order valence-corrected chi connectivity index (χ2v) is 5.45. The Morgan fingerprint density at radius 1 is 1.04 bits per heavy atom. The van der Waals surface area contributed by atoms with Gasteiger partial charge in [0.05, 0.1) is 27.2 Å². The van der Waals surface area contributed by atoms with Crippen LogP contribution in [0.1, 0.15) is 17.0 Å². The zero-order chi connectivity index (χ0) is 18.2. The lowest BCUT2D eigenvalue weighted by Gasteiger charge is -2.17. The average Bonchev–Trinajstić information content (AvgIpc) is 2.66. The van der Waals surface area contributed by atoms with Crippen LogP contribution in [0.5, 0.6) is 17.2 Å². The predicted octanol–water partition coefficient (Wildman–Crippen LogP) is 2.07. The van der Waals surface area contributed by atoms with E-state index in [-0.39, 0.29) is 18.4 Å². The molecule has 6 nitrogen and oxygen atoms in total. The minimum atomic E-state index is -0.386. The molecule has 0 saturated carbocycles. The maximum atomic E-state index is 12.5. The number of carbonyl (C=O) groups excluding carboxylic acids is 1. The van der Waals surface area contributed by atoms with Crippen molar-refractivity contribution in [1.82, 2.24) is 5.32 Å². The summed E-state index contributed by atoms with van der Waals surface area (Å²) in [5.41, 5.74) is 7.52. The van der Waals surface area contributed by atoms with E-state index in [0.29, 0.717) is 23.8 Å². The van der Waals surface area contributed by atoms with Crippen LogP contribution in [0.2, 0.25) is 0 Å². The van der Waals surface area contributed by atoms with Crippen molar-refractivity contribution in [2.24, 2.45) is 5.73 Å². The van der Waals surface area contributed by atoms with Crippen molar-refractivity contribution in [3.63, 3.8) is 0 Å². The monoisotopic (exact) mass is 344 g/mol. The molecular formula is C19H24N2O4. The van der Waals surface area contributed by atoms with Crippen LogP contribution in [-0.2, 0) is 11.3 Å². The first-order valence-corrected chi connectivity index (χ1v) is 7.96. The van der Waals surface area contributed by atoms with Crippen molar-refractivity contribution in [3.8, 4) is 17.2 Å². The highest BCUT2D eigenvalue weighted by molar-refractivity contribution is 5.83. The van der Waals surface area contributed by atoms with E-state index in [4.69, 9.17) is 19.9 Å². The summed E-state index contributed by atoms with van der Waals surface area (Å²) in [6.07, 6.45) is 0. The van der Waals surface area contributed by atoms with Crippen LogP contribution in [0, 0.1) is 0 Å². The lowest BCUT2D eigenvalue weighted by molar-refractivity contribution is -0.122. The van der Waals surface area contributed by atoms with Gasteiger partial charge in [0.15, 0.2) is 11.5 Å². The van der Waals surface area contributed by atoms with Crippen molar-refractivity contribution in [2.75, 3.05) is 27.9 Å². The van der Waals surface area contributed by atoms with E-state index in [1.807, 2.05) is 42.5 Å². The van der Waals surface area contributed by atoms with Crippen molar-refractivity contribution >= 4 is 5.91 Å². The molecule has 3 N–H and O–H groups in total. The van der Waals surface area contributed by atoms with Crippen molar-refractivity contribution in [3.05, 3.63) is 53.6 Å². The molecule has 6 heteroatoms. The van der Waals surface area contributed by atoms with Crippen molar-refractivity contribution in [2.45, 2.75) is 12.5 Å². The molecular weight excluding hydrogens is 320 g/mol. The predicted molar refractivity (Wildman–Crippen MR) is 96.2 cm³/mol. The molecule has 0 saturated heterocycles. The van der Waals surface area contributed by atoms with E-state index in [9.17, 15) is 4.79 Å². The van der Waals surface area contributed by atoms with Crippen LogP contribution in [0.3, 0.4) is 0 Å². The van der Waals surface area contributed by atoms with Gasteiger partial charge in [0.2, 0.25) is 11.7 Å². The molecule has 0 heterocycles. The molecule has 2 rings (SSSR count). The Bertz CT molecular complexity index is 679. The van der Waals surface area contributed by atoms with E-state index in [1.165, 1.54) is 0 Å². The Balaban J connectivity index is 2.13. The quantitative estimate of drug-likeness (QED) is 0.766. The number of methoxy groups -OCH3 is 3. The molecule has 0 aromatic heterocycles. The van der Waals surface area contributed by atoms with Gasteiger partial charge in [0, 0.05) is 13.1 Å². The third-order valence-corrected chi connectivity index (χ3v) is 3.95. The van der Waals surface area contributed by atoms with Gasteiger partial charge in [0.25, 0.3) is 0 Å². The van der Waals surface area contributed by atoms with Crippen molar-refractivity contribution in [1.29, 1.82) is 0 Å². The number of ether oxygens (including phenoxy) is 3. The molecule has 2 aromatic rings. The second-order valence-electron chi connectivity index (χ2n) is 5.45. The highest BCUT2D eigenvalue weighted by Crippen LogP contribution is 2.38. The maximum absolute atomic E-state index is 12.5. The minimum absolute atomic E-state index is 0.123. The number of nitrogens with two attached hydrogens (primary N) is 1. The number of hydrogen-bond acceptors (Lipinski definition) is 5. The summed E-state index contributed by atoms with van der Waals surface area (Å²) in [6, 6.07) is 13.1. The Hall–Kier alpha value is -2.73. The van der Waals surface area contributed by atoms with Crippen molar-refractivity contribution < 1.29 is 19.0 Å². The molecule has 0 spiro atoms. The number of benzene rings is 2. The van der Waals surface area contributed by atoms with Gasteiger partial charge in [-0.3, -0.25) is 4.79 Å². The highest BCUT2D eigenvalue weighted by Gasteiger charge is 2.19. The van der Waals surface area contributed by atoms with Crippen LogP contribution >= 0.6 is 0 Å². The van der Waals surface area contributed by atoms with Gasteiger partial charge in [-0.2, -0.15) is 0 Å². The first-order valence-electron chi connectivity index (χ1n) is 7.96. The number of rotatable bonds is 8. The average molecular weight is 344 g/mol. The normalized spacial score (nSPS) is 11.5. The van der Waals surface area contributed by atoms with Crippen LogP contribution in [-0.4, -0.2) is 33.8 Å². The summed E-state index contributed by atoms with van der Waals surface area (Å²) < 4.78 is 16.0. The van der Waals surface area contributed by atoms with E-state index in [1.54, 1.807) is 21.3 Å². The van der Waals surface area contributed by atoms with Crippen LogP contribution in [0.15, 0.2) is 42.5 Å². The molecule has 0 bridgehead atoms. The fraction of sp³-hybridized carbons (Fsp3) is 0.316. The summed E-state index contributed by atoms with van der Waals surface area (Å²) in [4.78, 5) is 12.5. The van der Waals surface area contributed by atoms with Crippen LogP contribution in [0.25, 0.3) is 0 Å². The topological polar surface area (TPSA) is 82.8 Å². The number of amides is 1. The number of nitrogens with one attached hydrogen (secondary N) is 1. The molecule has 0 fully saturated rings. The van der Waals surface area contributed by atoms with E-state index < -0.39 is 0 Å². The number of carbonyl (C=O) groups is 1. The Kier molecular flexibility index (Phi) is 6.65. The van der Waals surface area contributed by atoms with Gasteiger partial charge in [-0.1, -0.05) is 30.3 Å². The fourth-order valence-electron chi connectivity index (χ4n) is 2.63. The Morgan fingerprint density at radius 2 is 1.64 bits per heavy atom. The molecule has 134 valence electrons. The molecule has 0 radical (unpaired) electrons. The molecule has 1 atom stereocenters. The van der Waals surface area contributed by atoms with Crippen LogP contribution < -0.4 is 25.3 Å². The summed E-state index contributed by atoms with van der Waals surface area (Å²) in [6.45, 7) is 0.573. The van der Waals surface area contributed by atoms with E-state index in [2.05, 4.69) is 5.32 Å². The Labute approximate surface area is 147 Å². The van der Waals surface area contributed by atoms with E-state index >= 15 is 0 Å². The van der Waals surface area contributed by atoms with E-state index in [0.717, 1.165) is 11.1 Å². The first kappa shape index (κ1) is 18.6.